The second-order valence-corrected chi connectivity index (χ2v) is 7.61. The molecule has 4 unspecified atom stereocenters. The lowest BCUT2D eigenvalue weighted by Crippen LogP contribution is -2.55. The first-order chi connectivity index (χ1) is 11.3. The Bertz CT molecular complexity index is 674. The fourth-order valence-corrected chi connectivity index (χ4v) is 4.14. The summed E-state index contributed by atoms with van der Waals surface area (Å²) in [6, 6.07) is 7.73. The van der Waals surface area contributed by atoms with Crippen LogP contribution in [0.2, 0.25) is 5.02 Å². The Labute approximate surface area is 147 Å². The second-order valence-electron chi connectivity index (χ2n) is 7.18. The number of halogens is 1. The van der Waals surface area contributed by atoms with Crippen LogP contribution in [0.5, 0.6) is 0 Å². The van der Waals surface area contributed by atoms with Gasteiger partial charge in [-0.15, -0.1) is 0 Å². The molecule has 24 heavy (non-hydrogen) atoms. The molecule has 1 aromatic heterocycles. The van der Waals surface area contributed by atoms with E-state index in [1.54, 1.807) is 17.9 Å². The van der Waals surface area contributed by atoms with Crippen molar-refractivity contribution in [3.8, 4) is 0 Å². The molecule has 3 rings (SSSR count). The monoisotopic (exact) mass is 349 g/mol. The maximum absolute atomic E-state index is 11.7. The van der Waals surface area contributed by atoms with Crippen LogP contribution in [0.3, 0.4) is 0 Å². The van der Waals surface area contributed by atoms with E-state index < -0.39 is 17.1 Å². The van der Waals surface area contributed by atoms with Crippen LogP contribution in [0, 0.1) is 11.3 Å². The van der Waals surface area contributed by atoms with Crippen molar-refractivity contribution in [1.82, 2.24) is 14.8 Å². The standard InChI is InChI=1S/C18H24ClN3O2/c1-13(23)17(2)8-7-15(9-14-3-5-16(19)6-4-14)18(17,24)10-22-12-20-11-21-22/h3-6,11-13,15,23-24H,7-10H2,1-2H3. The molecule has 1 heterocycles. The lowest BCUT2D eigenvalue weighted by Gasteiger charge is -2.44. The zero-order chi connectivity index (χ0) is 17.4. The maximum atomic E-state index is 11.7. The Morgan fingerprint density at radius 1 is 1.38 bits per heavy atom. The van der Waals surface area contributed by atoms with Crippen LogP contribution in [0.1, 0.15) is 32.3 Å². The summed E-state index contributed by atoms with van der Waals surface area (Å²) in [4.78, 5) is 3.97. The van der Waals surface area contributed by atoms with Crippen molar-refractivity contribution in [2.45, 2.75) is 51.4 Å². The fourth-order valence-electron chi connectivity index (χ4n) is 4.01. The van der Waals surface area contributed by atoms with Gasteiger partial charge in [0.25, 0.3) is 0 Å². The van der Waals surface area contributed by atoms with Gasteiger partial charge in [0.15, 0.2) is 0 Å². The number of hydrogen-bond donors (Lipinski definition) is 2. The van der Waals surface area contributed by atoms with Crippen molar-refractivity contribution in [2.75, 3.05) is 0 Å². The predicted octanol–water partition coefficient (Wildman–Crippen LogP) is 2.70. The average Bonchev–Trinajstić information content (AvgIpc) is 3.12. The highest BCUT2D eigenvalue weighted by atomic mass is 35.5. The molecule has 5 nitrogen and oxygen atoms in total. The Morgan fingerprint density at radius 2 is 2.08 bits per heavy atom. The van der Waals surface area contributed by atoms with E-state index in [1.165, 1.54) is 6.33 Å². The first-order valence-corrected chi connectivity index (χ1v) is 8.70. The number of aliphatic hydroxyl groups excluding tert-OH is 1. The van der Waals surface area contributed by atoms with Crippen LogP contribution in [-0.2, 0) is 13.0 Å². The van der Waals surface area contributed by atoms with Crippen molar-refractivity contribution in [3.63, 3.8) is 0 Å². The lowest BCUT2D eigenvalue weighted by atomic mass is 9.68. The molecule has 6 heteroatoms. The molecular weight excluding hydrogens is 326 g/mol. The summed E-state index contributed by atoms with van der Waals surface area (Å²) in [7, 11) is 0. The molecule has 1 aliphatic carbocycles. The molecule has 0 saturated heterocycles. The normalized spacial score (nSPS) is 31.3. The van der Waals surface area contributed by atoms with E-state index in [9.17, 15) is 10.2 Å². The summed E-state index contributed by atoms with van der Waals surface area (Å²) in [5, 5.41) is 26.9. The van der Waals surface area contributed by atoms with E-state index in [0.29, 0.717) is 11.6 Å². The lowest BCUT2D eigenvalue weighted by molar-refractivity contribution is -0.141. The Hall–Kier alpha value is -1.43. The molecule has 0 bridgehead atoms. The number of nitrogens with zero attached hydrogens (tertiary/aromatic N) is 3. The van der Waals surface area contributed by atoms with Gasteiger partial charge >= 0.3 is 0 Å². The van der Waals surface area contributed by atoms with Crippen molar-refractivity contribution in [2.24, 2.45) is 11.3 Å². The highest BCUT2D eigenvalue weighted by Crippen LogP contribution is 2.53. The third-order valence-electron chi connectivity index (χ3n) is 5.86. The first-order valence-electron chi connectivity index (χ1n) is 8.32. The predicted molar refractivity (Wildman–Crippen MR) is 92.6 cm³/mol. The van der Waals surface area contributed by atoms with E-state index in [-0.39, 0.29) is 5.92 Å². The molecule has 0 radical (unpaired) electrons. The average molecular weight is 350 g/mol. The summed E-state index contributed by atoms with van der Waals surface area (Å²) in [6.07, 6.45) is 4.83. The van der Waals surface area contributed by atoms with Gasteiger partial charge in [-0.05, 0) is 49.8 Å². The Kier molecular flexibility index (Phi) is 4.69. The van der Waals surface area contributed by atoms with Crippen molar-refractivity contribution in [3.05, 3.63) is 47.5 Å². The van der Waals surface area contributed by atoms with Crippen LogP contribution in [0.25, 0.3) is 0 Å². The van der Waals surface area contributed by atoms with Gasteiger partial charge in [0.2, 0.25) is 0 Å². The van der Waals surface area contributed by atoms with E-state index in [4.69, 9.17) is 11.6 Å². The van der Waals surface area contributed by atoms with Gasteiger partial charge < -0.3 is 10.2 Å². The number of benzene rings is 1. The second kappa shape index (κ2) is 6.47. The molecule has 130 valence electrons. The van der Waals surface area contributed by atoms with Crippen molar-refractivity contribution >= 4 is 11.6 Å². The molecule has 2 N–H and O–H groups in total. The van der Waals surface area contributed by atoms with Crippen molar-refractivity contribution < 1.29 is 10.2 Å². The van der Waals surface area contributed by atoms with Gasteiger partial charge in [0, 0.05) is 10.4 Å². The molecule has 0 amide bonds. The summed E-state index contributed by atoms with van der Waals surface area (Å²) in [5.74, 6) is 0.0301. The largest absolute Gasteiger partial charge is 0.393 e. The summed E-state index contributed by atoms with van der Waals surface area (Å²) in [6.45, 7) is 4.06. The molecule has 1 aromatic carbocycles. The topological polar surface area (TPSA) is 71.2 Å². The smallest absolute Gasteiger partial charge is 0.137 e. The minimum atomic E-state index is -1.06. The molecule has 0 aliphatic heterocycles. The minimum Gasteiger partial charge on any atom is -0.393 e. The van der Waals surface area contributed by atoms with E-state index in [0.717, 1.165) is 24.8 Å². The Morgan fingerprint density at radius 3 is 2.67 bits per heavy atom. The highest BCUT2D eigenvalue weighted by molar-refractivity contribution is 6.30. The zero-order valence-corrected chi connectivity index (χ0v) is 14.8. The molecule has 4 atom stereocenters. The maximum Gasteiger partial charge on any atom is 0.137 e. The molecule has 1 aliphatic rings. The third kappa shape index (κ3) is 2.96. The number of aromatic nitrogens is 3. The van der Waals surface area contributed by atoms with Gasteiger partial charge in [-0.3, -0.25) is 4.68 Å². The molecule has 1 saturated carbocycles. The molecule has 2 aromatic rings. The van der Waals surface area contributed by atoms with Crippen LogP contribution < -0.4 is 0 Å². The van der Waals surface area contributed by atoms with Crippen LogP contribution in [0.15, 0.2) is 36.9 Å². The van der Waals surface area contributed by atoms with Crippen LogP contribution >= 0.6 is 11.6 Å². The Balaban J connectivity index is 1.90. The van der Waals surface area contributed by atoms with E-state index in [2.05, 4.69) is 10.1 Å². The zero-order valence-electron chi connectivity index (χ0n) is 14.1. The van der Waals surface area contributed by atoms with Gasteiger partial charge in [0.05, 0.1) is 18.2 Å². The highest BCUT2D eigenvalue weighted by Gasteiger charge is 2.59. The van der Waals surface area contributed by atoms with Crippen LogP contribution in [0.4, 0.5) is 0 Å². The quantitative estimate of drug-likeness (QED) is 0.870. The van der Waals surface area contributed by atoms with Gasteiger partial charge in [-0.1, -0.05) is 30.7 Å². The van der Waals surface area contributed by atoms with Crippen LogP contribution in [-0.4, -0.2) is 36.7 Å². The number of hydrogen-bond acceptors (Lipinski definition) is 4. The third-order valence-corrected chi connectivity index (χ3v) is 6.12. The molecule has 1 fully saturated rings. The number of rotatable bonds is 5. The minimum absolute atomic E-state index is 0.0301. The van der Waals surface area contributed by atoms with Gasteiger partial charge in [0.1, 0.15) is 12.7 Å². The van der Waals surface area contributed by atoms with Gasteiger partial charge in [-0.25, -0.2) is 4.98 Å². The van der Waals surface area contributed by atoms with E-state index >= 15 is 0 Å². The van der Waals surface area contributed by atoms with Gasteiger partial charge in [-0.2, -0.15) is 5.10 Å². The van der Waals surface area contributed by atoms with Crippen molar-refractivity contribution in [1.29, 1.82) is 0 Å². The summed E-state index contributed by atoms with van der Waals surface area (Å²) >= 11 is 5.97. The fraction of sp³-hybridized carbons (Fsp3) is 0.556. The number of aliphatic hydroxyl groups is 2. The molecular formula is C18H24ClN3O2. The molecule has 0 spiro atoms. The summed E-state index contributed by atoms with van der Waals surface area (Å²) < 4.78 is 1.65. The van der Waals surface area contributed by atoms with E-state index in [1.807, 2.05) is 31.2 Å². The SMILES string of the molecule is CC(O)C1(C)CCC(Cc2ccc(Cl)cc2)C1(O)Cn1cncn1. The first kappa shape index (κ1) is 17.4. The summed E-state index contributed by atoms with van der Waals surface area (Å²) in [5.41, 5.74) is -0.513.